The second kappa shape index (κ2) is 6.73. The van der Waals surface area contributed by atoms with Crippen molar-refractivity contribution in [2.75, 3.05) is 13.2 Å². The van der Waals surface area contributed by atoms with Crippen LogP contribution in [0.2, 0.25) is 0 Å². The molecule has 0 saturated carbocycles. The van der Waals surface area contributed by atoms with Gasteiger partial charge in [0.2, 0.25) is 0 Å². The van der Waals surface area contributed by atoms with Gasteiger partial charge in [-0.15, -0.1) is 0 Å². The second-order valence-corrected chi connectivity index (χ2v) is 4.67. The maximum Gasteiger partial charge on any atom is 0.496 e. The minimum Gasteiger partial charge on any atom is -0.407 e. The van der Waals surface area contributed by atoms with Crippen LogP contribution in [0.1, 0.15) is 19.5 Å². The Morgan fingerprint density at radius 1 is 1.41 bits per heavy atom. The maximum absolute atomic E-state index is 8.93. The summed E-state index contributed by atoms with van der Waals surface area (Å²) < 4.78 is 11.2. The number of hydrogen-bond donors (Lipinski definition) is 0. The molecule has 0 unspecified atom stereocenters. The summed E-state index contributed by atoms with van der Waals surface area (Å²) in [5, 5.41) is 8.93. The Labute approximate surface area is 161 Å². The minimum absolute atomic E-state index is 0. The molecule has 1 aliphatic rings. The van der Waals surface area contributed by atoms with Crippen LogP contribution in [0.15, 0.2) is 18.3 Å². The van der Waals surface area contributed by atoms with Crippen molar-refractivity contribution in [3.05, 3.63) is 24.0 Å². The van der Waals surface area contributed by atoms with Gasteiger partial charge >= 0.3 is 7.12 Å². The molecule has 0 bridgehead atoms. The van der Waals surface area contributed by atoms with Crippen molar-refractivity contribution in [3.63, 3.8) is 0 Å². The molecule has 1 aromatic heterocycles. The molecule has 4 nitrogen and oxygen atoms in total. The van der Waals surface area contributed by atoms with E-state index < -0.39 is 7.12 Å². The molecule has 0 amide bonds. The van der Waals surface area contributed by atoms with Crippen molar-refractivity contribution in [3.8, 4) is 6.07 Å². The molecule has 2 rings (SSSR count). The fourth-order valence-electron chi connectivity index (χ4n) is 1.57. The van der Waals surface area contributed by atoms with Crippen LogP contribution in [0, 0.1) is 16.7 Å². The first-order valence-corrected chi connectivity index (χ1v) is 5.21. The molecular formula is C11H13BCsN2O2. The van der Waals surface area contributed by atoms with E-state index >= 15 is 0 Å². The van der Waals surface area contributed by atoms with Gasteiger partial charge in [0, 0.05) is 99.2 Å². The van der Waals surface area contributed by atoms with Crippen molar-refractivity contribution in [2.45, 2.75) is 13.8 Å². The molecular weight excluding hydrogens is 336 g/mol. The average Bonchev–Trinajstić information content (AvgIpc) is 2.29. The van der Waals surface area contributed by atoms with Crippen LogP contribution in [0.3, 0.4) is 0 Å². The Hall–Kier alpha value is 0.677. The van der Waals surface area contributed by atoms with Crippen molar-refractivity contribution < 1.29 is 9.31 Å². The molecule has 0 aliphatic carbocycles. The van der Waals surface area contributed by atoms with Gasteiger partial charge < -0.3 is 9.31 Å². The average molecular weight is 349 g/mol. The summed E-state index contributed by atoms with van der Waals surface area (Å²) in [6.45, 7) is 5.41. The third kappa shape index (κ3) is 4.08. The van der Waals surface area contributed by atoms with Crippen molar-refractivity contribution in [1.82, 2.24) is 4.98 Å². The minimum atomic E-state index is -0.462. The molecule has 6 heteroatoms. The topological polar surface area (TPSA) is 55.1 Å². The first kappa shape index (κ1) is 15.7. The van der Waals surface area contributed by atoms with E-state index in [0.717, 1.165) is 0 Å². The molecule has 0 atom stereocenters. The van der Waals surface area contributed by atoms with E-state index in [1.165, 1.54) is 0 Å². The molecule has 0 N–H and O–H groups in total. The van der Waals surface area contributed by atoms with Crippen molar-refractivity contribution in [1.29, 1.82) is 5.26 Å². The first-order valence-electron chi connectivity index (χ1n) is 5.21. The van der Waals surface area contributed by atoms with Gasteiger partial charge in [-0.1, -0.05) is 19.9 Å². The van der Waals surface area contributed by atoms with Crippen LogP contribution in [-0.4, -0.2) is 94.2 Å². The zero-order valence-electron chi connectivity index (χ0n) is 10.4. The van der Waals surface area contributed by atoms with Gasteiger partial charge in [0.1, 0.15) is 11.8 Å². The number of nitriles is 1. The van der Waals surface area contributed by atoms with Gasteiger partial charge in [0.25, 0.3) is 0 Å². The Morgan fingerprint density at radius 2 is 2.06 bits per heavy atom. The summed E-state index contributed by atoms with van der Waals surface area (Å²) >= 11 is 0. The molecule has 1 aromatic rings. The van der Waals surface area contributed by atoms with E-state index in [-0.39, 0.29) is 74.3 Å². The molecule has 0 aromatic carbocycles. The smallest absolute Gasteiger partial charge is 0.407 e. The van der Waals surface area contributed by atoms with Gasteiger partial charge in [-0.2, -0.15) is 5.26 Å². The molecule has 1 aliphatic heterocycles. The van der Waals surface area contributed by atoms with E-state index in [9.17, 15) is 0 Å². The maximum atomic E-state index is 8.93. The summed E-state index contributed by atoms with van der Waals surface area (Å²) in [5.74, 6) is 0. The van der Waals surface area contributed by atoms with Gasteiger partial charge in [0.05, 0.1) is 0 Å². The van der Waals surface area contributed by atoms with Crippen molar-refractivity contribution >= 4 is 81.5 Å². The molecule has 1 saturated heterocycles. The normalized spacial score (nSPS) is 18.1. The van der Waals surface area contributed by atoms with Crippen LogP contribution in [0.25, 0.3) is 0 Å². The number of nitrogens with zero attached hydrogens (tertiary/aromatic N) is 2. The third-order valence-electron chi connectivity index (χ3n) is 2.45. The Morgan fingerprint density at radius 3 is 2.65 bits per heavy atom. The van der Waals surface area contributed by atoms with E-state index in [2.05, 4.69) is 18.8 Å². The van der Waals surface area contributed by atoms with E-state index in [1.807, 2.05) is 12.1 Å². The molecule has 1 fully saturated rings. The SMILES string of the molecule is CC1(C)COB(c2cccnc2C#N)OC1.[Cs]. The third-order valence-corrected chi connectivity index (χ3v) is 2.45. The first-order chi connectivity index (χ1) is 7.62. The summed E-state index contributed by atoms with van der Waals surface area (Å²) in [4.78, 5) is 3.99. The predicted octanol–water partition coefficient (Wildman–Crippen LogP) is 0.341. The van der Waals surface area contributed by atoms with E-state index in [4.69, 9.17) is 14.6 Å². The van der Waals surface area contributed by atoms with Gasteiger partial charge in [-0.3, -0.25) is 0 Å². The van der Waals surface area contributed by atoms with Crippen LogP contribution in [0.4, 0.5) is 0 Å². The van der Waals surface area contributed by atoms with Crippen LogP contribution in [0.5, 0.6) is 0 Å². The van der Waals surface area contributed by atoms with E-state index in [0.29, 0.717) is 24.4 Å². The Balaban J connectivity index is 0.00000144. The predicted molar refractivity (Wildman–Crippen MR) is 65.8 cm³/mol. The quantitative estimate of drug-likeness (QED) is 0.687. The zero-order chi connectivity index (χ0) is 11.6. The summed E-state index contributed by atoms with van der Waals surface area (Å²) in [5.41, 5.74) is 1.11. The van der Waals surface area contributed by atoms with E-state index in [1.54, 1.807) is 12.3 Å². The number of aromatic nitrogens is 1. The Kier molecular flexibility index (Phi) is 6.23. The molecule has 2 heterocycles. The van der Waals surface area contributed by atoms with Crippen LogP contribution >= 0.6 is 0 Å². The largest absolute Gasteiger partial charge is 0.496 e. The molecule has 1 radical (unpaired) electrons. The fraction of sp³-hybridized carbons (Fsp3) is 0.455. The standard InChI is InChI=1S/C11H13BN2O2.Cs/c1-11(2)7-15-12(16-8-11)9-4-3-5-14-10(9)6-13;/h3-5H,7-8H2,1-2H3;. The molecule has 17 heavy (non-hydrogen) atoms. The zero-order valence-corrected chi connectivity index (χ0v) is 16.7. The monoisotopic (exact) mass is 349 g/mol. The van der Waals surface area contributed by atoms with Crippen LogP contribution in [-0.2, 0) is 9.31 Å². The molecule has 83 valence electrons. The number of rotatable bonds is 1. The van der Waals surface area contributed by atoms with Gasteiger partial charge in [0.15, 0.2) is 0 Å². The molecule has 0 spiro atoms. The summed E-state index contributed by atoms with van der Waals surface area (Å²) in [6, 6.07) is 5.64. The number of pyridine rings is 1. The fourth-order valence-corrected chi connectivity index (χ4v) is 1.57. The Bertz CT molecular complexity index is 424. The van der Waals surface area contributed by atoms with Crippen LogP contribution < -0.4 is 5.46 Å². The summed E-state index contributed by atoms with van der Waals surface area (Å²) in [7, 11) is -0.462. The van der Waals surface area contributed by atoms with Gasteiger partial charge in [-0.25, -0.2) is 4.98 Å². The number of hydrogen-bond acceptors (Lipinski definition) is 4. The summed E-state index contributed by atoms with van der Waals surface area (Å²) in [6.07, 6.45) is 1.59. The second-order valence-electron chi connectivity index (χ2n) is 4.67. The van der Waals surface area contributed by atoms with Gasteiger partial charge in [-0.05, 0) is 6.07 Å². The van der Waals surface area contributed by atoms with Crippen molar-refractivity contribution in [2.24, 2.45) is 5.41 Å².